The highest BCUT2D eigenvalue weighted by molar-refractivity contribution is 4.92. The van der Waals surface area contributed by atoms with E-state index in [-0.39, 0.29) is 0 Å². The van der Waals surface area contributed by atoms with Crippen molar-refractivity contribution < 1.29 is 0 Å². The van der Waals surface area contributed by atoms with Crippen molar-refractivity contribution in [3.8, 4) is 0 Å². The summed E-state index contributed by atoms with van der Waals surface area (Å²) in [6.45, 7) is 7.18. The Balaban J connectivity index is 1.73. The first-order chi connectivity index (χ1) is 8.22. The van der Waals surface area contributed by atoms with Gasteiger partial charge in [-0.1, -0.05) is 6.92 Å². The normalized spacial score (nSPS) is 31.8. The minimum absolute atomic E-state index is 0.818. The van der Waals surface area contributed by atoms with Gasteiger partial charge in [-0.25, -0.2) is 0 Å². The van der Waals surface area contributed by atoms with Gasteiger partial charge in [-0.2, -0.15) is 0 Å². The molecule has 0 aromatic heterocycles. The third kappa shape index (κ3) is 3.21. The molecule has 100 valence electrons. The van der Waals surface area contributed by atoms with Gasteiger partial charge in [-0.05, 0) is 71.9 Å². The molecule has 0 aromatic carbocycles. The molecule has 0 bridgehead atoms. The molecule has 0 spiro atoms. The van der Waals surface area contributed by atoms with Crippen molar-refractivity contribution in [2.75, 3.05) is 40.3 Å². The molecular weight excluding hydrogens is 210 g/mol. The Morgan fingerprint density at radius 2 is 1.82 bits per heavy atom. The van der Waals surface area contributed by atoms with Gasteiger partial charge in [0.2, 0.25) is 0 Å². The highest BCUT2D eigenvalue weighted by Crippen LogP contribution is 2.33. The minimum Gasteiger partial charge on any atom is -0.317 e. The number of piperidine rings is 1. The summed E-state index contributed by atoms with van der Waals surface area (Å²) >= 11 is 0. The fraction of sp³-hybridized carbons (Fsp3) is 1.00. The maximum absolute atomic E-state index is 3.51. The fourth-order valence-corrected chi connectivity index (χ4v) is 3.33. The summed E-state index contributed by atoms with van der Waals surface area (Å²) in [5.41, 5.74) is 0. The first-order valence-electron chi connectivity index (χ1n) is 7.33. The van der Waals surface area contributed by atoms with Crippen LogP contribution >= 0.6 is 0 Å². The van der Waals surface area contributed by atoms with Crippen molar-refractivity contribution in [3.63, 3.8) is 0 Å². The topological polar surface area (TPSA) is 18.5 Å². The van der Waals surface area contributed by atoms with Crippen molar-refractivity contribution in [1.29, 1.82) is 0 Å². The Kier molecular flexibility index (Phi) is 4.83. The summed E-state index contributed by atoms with van der Waals surface area (Å²) in [6, 6.07) is 1.70. The van der Waals surface area contributed by atoms with E-state index in [2.05, 4.69) is 36.1 Å². The monoisotopic (exact) mass is 239 g/mol. The number of likely N-dealkylation sites (tertiary alicyclic amines) is 1. The molecule has 2 atom stereocenters. The quantitative estimate of drug-likeness (QED) is 0.782. The van der Waals surface area contributed by atoms with Crippen LogP contribution in [0.4, 0.5) is 0 Å². The molecule has 0 aromatic rings. The van der Waals surface area contributed by atoms with E-state index in [9.17, 15) is 0 Å². The van der Waals surface area contributed by atoms with Gasteiger partial charge in [0, 0.05) is 12.1 Å². The summed E-state index contributed by atoms with van der Waals surface area (Å²) in [4.78, 5) is 5.15. The van der Waals surface area contributed by atoms with E-state index in [0.717, 1.165) is 24.5 Å². The molecule has 1 N–H and O–H groups in total. The minimum atomic E-state index is 0.818. The summed E-state index contributed by atoms with van der Waals surface area (Å²) in [5, 5.41) is 3.51. The zero-order chi connectivity index (χ0) is 12.3. The summed E-state index contributed by atoms with van der Waals surface area (Å²) in [7, 11) is 4.44. The number of hydrogen-bond donors (Lipinski definition) is 1. The van der Waals surface area contributed by atoms with E-state index in [1.54, 1.807) is 0 Å². The average Bonchev–Trinajstić information content (AvgIpc) is 2.29. The molecule has 2 aliphatic rings. The van der Waals surface area contributed by atoms with Crippen LogP contribution in [0.5, 0.6) is 0 Å². The first-order valence-corrected chi connectivity index (χ1v) is 7.33. The van der Waals surface area contributed by atoms with Crippen LogP contribution in [-0.4, -0.2) is 62.2 Å². The van der Waals surface area contributed by atoms with Crippen molar-refractivity contribution in [2.24, 2.45) is 5.92 Å². The maximum Gasteiger partial charge on any atom is 0.0136 e. The lowest BCUT2D eigenvalue weighted by Crippen LogP contribution is -2.54. The van der Waals surface area contributed by atoms with Gasteiger partial charge >= 0.3 is 0 Å². The molecule has 1 saturated carbocycles. The summed E-state index contributed by atoms with van der Waals surface area (Å²) < 4.78 is 0. The number of nitrogens with zero attached hydrogens (tertiary/aromatic N) is 2. The second-order valence-electron chi connectivity index (χ2n) is 5.94. The van der Waals surface area contributed by atoms with E-state index in [1.165, 1.54) is 45.3 Å². The molecule has 1 aliphatic heterocycles. The first kappa shape index (κ1) is 13.3. The van der Waals surface area contributed by atoms with E-state index in [1.807, 2.05) is 0 Å². The molecule has 3 nitrogen and oxygen atoms in total. The van der Waals surface area contributed by atoms with Crippen LogP contribution < -0.4 is 5.32 Å². The van der Waals surface area contributed by atoms with Gasteiger partial charge in [-0.15, -0.1) is 0 Å². The van der Waals surface area contributed by atoms with Crippen LogP contribution in [0.3, 0.4) is 0 Å². The predicted octanol–water partition coefficient (Wildman–Crippen LogP) is 1.40. The molecule has 0 radical (unpaired) electrons. The molecule has 0 amide bonds. The van der Waals surface area contributed by atoms with Gasteiger partial charge in [-0.3, -0.25) is 4.90 Å². The molecule has 3 heteroatoms. The maximum atomic E-state index is 3.51. The van der Waals surface area contributed by atoms with Crippen molar-refractivity contribution in [3.05, 3.63) is 0 Å². The van der Waals surface area contributed by atoms with Crippen LogP contribution in [0.25, 0.3) is 0 Å². The predicted molar refractivity (Wildman–Crippen MR) is 73.3 cm³/mol. The Bertz CT molecular complexity index is 222. The number of nitrogens with one attached hydrogen (secondary N) is 1. The third-order valence-corrected chi connectivity index (χ3v) is 4.73. The molecular formula is C14H29N3. The number of rotatable bonds is 5. The Morgan fingerprint density at radius 3 is 2.29 bits per heavy atom. The molecule has 2 rings (SSSR count). The van der Waals surface area contributed by atoms with Crippen molar-refractivity contribution in [1.82, 2.24) is 15.1 Å². The van der Waals surface area contributed by atoms with Gasteiger partial charge in [0.05, 0.1) is 0 Å². The Hall–Kier alpha value is -0.120. The van der Waals surface area contributed by atoms with Crippen LogP contribution in [0.15, 0.2) is 0 Å². The average molecular weight is 239 g/mol. The van der Waals surface area contributed by atoms with Crippen LogP contribution in [-0.2, 0) is 0 Å². The summed E-state index contributed by atoms with van der Waals surface area (Å²) in [6.07, 6.45) is 5.59. The van der Waals surface area contributed by atoms with Gasteiger partial charge < -0.3 is 10.2 Å². The van der Waals surface area contributed by atoms with Gasteiger partial charge in [0.1, 0.15) is 0 Å². The van der Waals surface area contributed by atoms with Gasteiger partial charge in [0.25, 0.3) is 0 Å². The summed E-state index contributed by atoms with van der Waals surface area (Å²) in [5.74, 6) is 0.922. The standard InChI is InChI=1S/C14H29N3/c1-4-15-11-12-5-6-14(12)17-9-7-13(8-10-17)16(2)3/h12-15H,4-11H2,1-3H3. The van der Waals surface area contributed by atoms with E-state index < -0.39 is 0 Å². The van der Waals surface area contributed by atoms with Crippen molar-refractivity contribution in [2.45, 2.75) is 44.7 Å². The second-order valence-corrected chi connectivity index (χ2v) is 5.94. The van der Waals surface area contributed by atoms with Crippen LogP contribution in [0.1, 0.15) is 32.6 Å². The largest absolute Gasteiger partial charge is 0.317 e. The molecule has 2 fully saturated rings. The molecule has 1 heterocycles. The second kappa shape index (κ2) is 6.17. The molecule has 17 heavy (non-hydrogen) atoms. The van der Waals surface area contributed by atoms with Crippen LogP contribution in [0, 0.1) is 5.92 Å². The zero-order valence-corrected chi connectivity index (χ0v) is 11.8. The van der Waals surface area contributed by atoms with Gasteiger partial charge in [0.15, 0.2) is 0 Å². The highest BCUT2D eigenvalue weighted by atomic mass is 15.2. The lowest BCUT2D eigenvalue weighted by molar-refractivity contribution is 0.0281. The lowest BCUT2D eigenvalue weighted by atomic mass is 9.77. The SMILES string of the molecule is CCNCC1CCC1N1CCC(N(C)C)CC1. The molecule has 2 unspecified atom stereocenters. The van der Waals surface area contributed by atoms with Crippen LogP contribution in [0.2, 0.25) is 0 Å². The van der Waals surface area contributed by atoms with Crippen molar-refractivity contribution >= 4 is 0 Å². The van der Waals surface area contributed by atoms with E-state index in [4.69, 9.17) is 0 Å². The van der Waals surface area contributed by atoms with E-state index in [0.29, 0.717) is 0 Å². The number of hydrogen-bond acceptors (Lipinski definition) is 3. The molecule has 1 aliphatic carbocycles. The third-order valence-electron chi connectivity index (χ3n) is 4.73. The fourth-order valence-electron chi connectivity index (χ4n) is 3.33. The Morgan fingerprint density at radius 1 is 1.12 bits per heavy atom. The Labute approximate surface area is 107 Å². The lowest BCUT2D eigenvalue weighted by Gasteiger charge is -2.48. The zero-order valence-electron chi connectivity index (χ0n) is 11.8. The molecule has 1 saturated heterocycles. The van der Waals surface area contributed by atoms with E-state index >= 15 is 0 Å². The highest BCUT2D eigenvalue weighted by Gasteiger charge is 2.36. The smallest absolute Gasteiger partial charge is 0.0136 e.